The number of hydrogen-bond donors (Lipinski definition) is 1. The first kappa shape index (κ1) is 11.3. The lowest BCUT2D eigenvalue weighted by atomic mass is 9.92. The summed E-state index contributed by atoms with van der Waals surface area (Å²) in [6.07, 6.45) is 3.95. The van der Waals surface area contributed by atoms with E-state index in [1.165, 1.54) is 42.9 Å². The molecular formula is C13H21N3S. The lowest BCUT2D eigenvalue weighted by molar-refractivity contribution is 0.357. The molecule has 2 atom stereocenters. The molecule has 1 aliphatic carbocycles. The van der Waals surface area contributed by atoms with Gasteiger partial charge < -0.3 is 10.6 Å². The molecule has 2 N–H and O–H groups in total. The van der Waals surface area contributed by atoms with E-state index in [0.29, 0.717) is 5.92 Å². The van der Waals surface area contributed by atoms with Gasteiger partial charge in [0.25, 0.3) is 0 Å². The third kappa shape index (κ3) is 2.15. The second-order valence-electron chi connectivity index (χ2n) is 5.91. The summed E-state index contributed by atoms with van der Waals surface area (Å²) in [7, 11) is 0. The number of nitrogens with zero attached hydrogens (tertiary/aromatic N) is 2. The first-order valence-electron chi connectivity index (χ1n) is 6.65. The van der Waals surface area contributed by atoms with Gasteiger partial charge in [-0.05, 0) is 48.5 Å². The molecule has 3 nitrogen and oxygen atoms in total. The highest BCUT2D eigenvalue weighted by Gasteiger charge is 2.34. The Kier molecular flexibility index (Phi) is 2.77. The summed E-state index contributed by atoms with van der Waals surface area (Å²) in [5, 5.41) is 1.36. The van der Waals surface area contributed by atoms with Crippen molar-refractivity contribution in [1.29, 1.82) is 0 Å². The van der Waals surface area contributed by atoms with E-state index in [2.05, 4.69) is 23.1 Å². The molecule has 0 amide bonds. The van der Waals surface area contributed by atoms with Crippen LogP contribution in [0.5, 0.6) is 0 Å². The van der Waals surface area contributed by atoms with E-state index in [9.17, 15) is 0 Å². The molecule has 1 aromatic heterocycles. The van der Waals surface area contributed by atoms with Crippen molar-refractivity contribution in [3.05, 3.63) is 5.56 Å². The summed E-state index contributed by atoms with van der Waals surface area (Å²) in [5.41, 5.74) is 7.39. The van der Waals surface area contributed by atoms with Crippen molar-refractivity contribution < 1.29 is 0 Å². The lowest BCUT2D eigenvalue weighted by Gasteiger charge is -2.36. The first-order chi connectivity index (χ1) is 8.15. The van der Waals surface area contributed by atoms with Crippen molar-refractivity contribution in [3.8, 4) is 0 Å². The number of hydrogen-bond acceptors (Lipinski definition) is 4. The second-order valence-corrected chi connectivity index (χ2v) is 6.66. The Morgan fingerprint density at radius 3 is 2.47 bits per heavy atom. The Morgan fingerprint density at radius 1 is 1.24 bits per heavy atom. The van der Waals surface area contributed by atoms with Gasteiger partial charge in [-0.2, -0.15) is 4.37 Å². The van der Waals surface area contributed by atoms with E-state index in [1.807, 2.05) is 0 Å². The Balaban J connectivity index is 1.87. The zero-order valence-corrected chi connectivity index (χ0v) is 11.5. The Morgan fingerprint density at radius 2 is 1.88 bits per heavy atom. The van der Waals surface area contributed by atoms with Gasteiger partial charge in [0.05, 0.1) is 0 Å². The standard InChI is InChI=1S/C13H21N3S/c1-8-5-9(2)7-16(6-8)13-11(10-3-4-10)12(14)15-17-13/h8-10H,3-7H2,1-2H3,(H2,14,15). The highest BCUT2D eigenvalue weighted by atomic mass is 32.1. The molecule has 1 saturated carbocycles. The molecule has 0 radical (unpaired) electrons. The summed E-state index contributed by atoms with van der Waals surface area (Å²) in [4.78, 5) is 2.53. The molecule has 4 heteroatoms. The fraction of sp³-hybridized carbons (Fsp3) is 0.769. The minimum absolute atomic E-state index is 0.705. The van der Waals surface area contributed by atoms with Gasteiger partial charge in [0.1, 0.15) is 10.8 Å². The molecule has 1 aromatic rings. The van der Waals surface area contributed by atoms with Gasteiger partial charge in [0.2, 0.25) is 0 Å². The van der Waals surface area contributed by atoms with E-state index in [-0.39, 0.29) is 0 Å². The van der Waals surface area contributed by atoms with E-state index < -0.39 is 0 Å². The SMILES string of the molecule is CC1CC(C)CN(c2snc(N)c2C2CC2)C1. The molecule has 2 aliphatic rings. The molecule has 1 aliphatic heterocycles. The molecule has 3 rings (SSSR count). The maximum absolute atomic E-state index is 6.03. The smallest absolute Gasteiger partial charge is 0.142 e. The highest BCUT2D eigenvalue weighted by molar-refractivity contribution is 7.10. The van der Waals surface area contributed by atoms with Gasteiger partial charge in [-0.15, -0.1) is 0 Å². The van der Waals surface area contributed by atoms with E-state index in [1.54, 1.807) is 11.5 Å². The predicted molar refractivity (Wildman–Crippen MR) is 73.7 cm³/mol. The largest absolute Gasteiger partial charge is 0.383 e. The van der Waals surface area contributed by atoms with Crippen molar-refractivity contribution >= 4 is 22.4 Å². The van der Waals surface area contributed by atoms with Gasteiger partial charge in [0.15, 0.2) is 0 Å². The number of nitrogens with two attached hydrogens (primary N) is 1. The quantitative estimate of drug-likeness (QED) is 0.878. The molecule has 0 spiro atoms. The molecule has 0 bridgehead atoms. The van der Waals surface area contributed by atoms with Crippen LogP contribution in [0.1, 0.15) is 44.6 Å². The van der Waals surface area contributed by atoms with Crippen molar-refractivity contribution in [3.63, 3.8) is 0 Å². The molecular weight excluding hydrogens is 230 g/mol. The van der Waals surface area contributed by atoms with Gasteiger partial charge in [-0.1, -0.05) is 13.8 Å². The fourth-order valence-electron chi connectivity index (χ4n) is 3.11. The molecule has 1 saturated heterocycles. The number of piperidine rings is 1. The normalized spacial score (nSPS) is 29.6. The summed E-state index contributed by atoms with van der Waals surface area (Å²) in [5.74, 6) is 3.07. The maximum Gasteiger partial charge on any atom is 0.142 e. The monoisotopic (exact) mass is 251 g/mol. The average molecular weight is 251 g/mol. The van der Waals surface area contributed by atoms with Crippen LogP contribution in [0.25, 0.3) is 0 Å². The zero-order valence-electron chi connectivity index (χ0n) is 10.6. The highest BCUT2D eigenvalue weighted by Crippen LogP contribution is 2.49. The van der Waals surface area contributed by atoms with Crippen LogP contribution in [-0.4, -0.2) is 17.5 Å². The van der Waals surface area contributed by atoms with E-state index in [4.69, 9.17) is 5.73 Å². The van der Waals surface area contributed by atoms with E-state index in [0.717, 1.165) is 17.7 Å². The summed E-state index contributed by atoms with van der Waals surface area (Å²) in [6, 6.07) is 0. The van der Waals surface area contributed by atoms with Gasteiger partial charge in [-0.3, -0.25) is 0 Å². The number of rotatable bonds is 2. The van der Waals surface area contributed by atoms with Crippen LogP contribution < -0.4 is 10.6 Å². The van der Waals surface area contributed by atoms with Gasteiger partial charge >= 0.3 is 0 Å². The van der Waals surface area contributed by atoms with Crippen molar-refractivity contribution in [2.75, 3.05) is 23.7 Å². The predicted octanol–water partition coefficient (Wildman–Crippen LogP) is 3.09. The third-order valence-corrected chi connectivity index (χ3v) is 4.82. The average Bonchev–Trinajstić information content (AvgIpc) is 3.01. The van der Waals surface area contributed by atoms with Crippen LogP contribution in [0.3, 0.4) is 0 Å². The Labute approximate surface area is 107 Å². The van der Waals surface area contributed by atoms with Gasteiger partial charge in [0, 0.05) is 18.7 Å². The van der Waals surface area contributed by atoms with Crippen LogP contribution >= 0.6 is 11.5 Å². The Bertz CT molecular complexity index is 401. The summed E-state index contributed by atoms with van der Waals surface area (Å²) in [6.45, 7) is 7.05. The van der Waals surface area contributed by atoms with Crippen LogP contribution in [0.15, 0.2) is 0 Å². The number of aromatic nitrogens is 1. The summed E-state index contributed by atoms with van der Waals surface area (Å²) < 4.78 is 4.38. The van der Waals surface area contributed by atoms with Crippen molar-refractivity contribution in [2.45, 2.75) is 39.0 Å². The van der Waals surface area contributed by atoms with Gasteiger partial charge in [-0.25, -0.2) is 0 Å². The Hall–Kier alpha value is -0.770. The summed E-state index contributed by atoms with van der Waals surface area (Å²) >= 11 is 1.61. The second kappa shape index (κ2) is 4.16. The van der Waals surface area contributed by atoms with Crippen LogP contribution in [0.2, 0.25) is 0 Å². The third-order valence-electron chi connectivity index (χ3n) is 3.88. The van der Waals surface area contributed by atoms with Crippen LogP contribution in [0, 0.1) is 11.8 Å². The lowest BCUT2D eigenvalue weighted by Crippen LogP contribution is -2.38. The number of anilines is 2. The zero-order chi connectivity index (χ0) is 12.0. The molecule has 2 heterocycles. The minimum atomic E-state index is 0.705. The molecule has 17 heavy (non-hydrogen) atoms. The minimum Gasteiger partial charge on any atom is -0.383 e. The van der Waals surface area contributed by atoms with Crippen molar-refractivity contribution in [2.24, 2.45) is 11.8 Å². The number of nitrogen functional groups attached to an aromatic ring is 1. The van der Waals surface area contributed by atoms with Crippen molar-refractivity contribution in [1.82, 2.24) is 4.37 Å². The fourth-order valence-corrected chi connectivity index (χ4v) is 4.03. The van der Waals surface area contributed by atoms with Crippen LogP contribution in [0.4, 0.5) is 10.8 Å². The topological polar surface area (TPSA) is 42.2 Å². The van der Waals surface area contributed by atoms with E-state index >= 15 is 0 Å². The molecule has 2 fully saturated rings. The molecule has 0 aromatic carbocycles. The van der Waals surface area contributed by atoms with Crippen LogP contribution in [-0.2, 0) is 0 Å². The molecule has 94 valence electrons. The molecule has 2 unspecified atom stereocenters. The first-order valence-corrected chi connectivity index (χ1v) is 7.42. The maximum atomic E-state index is 6.03.